The van der Waals surface area contributed by atoms with Crippen molar-refractivity contribution in [2.24, 2.45) is 0 Å². The SMILES string of the molecule is Cc1ccc(-c2nc3cc4sc(-c5ccc(C)s5)nc4cc3s2)s1. The van der Waals surface area contributed by atoms with Gasteiger partial charge < -0.3 is 0 Å². The van der Waals surface area contributed by atoms with E-state index in [0.29, 0.717) is 0 Å². The Hall–Kier alpha value is -1.60. The van der Waals surface area contributed by atoms with Gasteiger partial charge in [0.1, 0.15) is 10.0 Å². The second-order valence-corrected chi connectivity index (χ2v) is 10.3. The van der Waals surface area contributed by atoms with E-state index in [4.69, 9.17) is 9.97 Å². The molecular formula is C18H12N2S4. The fraction of sp³-hybridized carbons (Fsp3) is 0.111. The first kappa shape index (κ1) is 14.7. The van der Waals surface area contributed by atoms with Gasteiger partial charge in [-0.2, -0.15) is 0 Å². The van der Waals surface area contributed by atoms with E-state index >= 15 is 0 Å². The lowest BCUT2D eigenvalue weighted by atomic mass is 10.3. The molecule has 0 aliphatic heterocycles. The second kappa shape index (κ2) is 5.46. The molecule has 0 bridgehead atoms. The average molecular weight is 385 g/mol. The predicted molar refractivity (Wildman–Crippen MR) is 109 cm³/mol. The van der Waals surface area contributed by atoms with Crippen LogP contribution in [0.5, 0.6) is 0 Å². The molecule has 0 unspecified atom stereocenters. The normalized spacial score (nSPS) is 11.8. The molecule has 6 heteroatoms. The molecule has 4 aromatic heterocycles. The Morgan fingerprint density at radius 1 is 0.625 bits per heavy atom. The summed E-state index contributed by atoms with van der Waals surface area (Å²) < 4.78 is 2.42. The predicted octanol–water partition coefficient (Wildman–Crippen LogP) is 6.98. The third-order valence-electron chi connectivity index (χ3n) is 3.80. The first-order chi connectivity index (χ1) is 11.7. The number of rotatable bonds is 2. The van der Waals surface area contributed by atoms with Gasteiger partial charge in [-0.05, 0) is 50.2 Å². The topological polar surface area (TPSA) is 25.8 Å². The third kappa shape index (κ3) is 2.41. The van der Waals surface area contributed by atoms with E-state index in [1.807, 2.05) is 0 Å². The first-order valence-electron chi connectivity index (χ1n) is 7.50. The summed E-state index contributed by atoms with van der Waals surface area (Å²) in [5.41, 5.74) is 2.15. The lowest BCUT2D eigenvalue weighted by Gasteiger charge is -1.86. The van der Waals surface area contributed by atoms with Gasteiger partial charge in [0.2, 0.25) is 0 Å². The molecule has 118 valence electrons. The van der Waals surface area contributed by atoms with Gasteiger partial charge in [-0.15, -0.1) is 45.3 Å². The second-order valence-electron chi connectivity index (χ2n) is 5.65. The minimum Gasteiger partial charge on any atom is -0.235 e. The van der Waals surface area contributed by atoms with Crippen LogP contribution in [-0.2, 0) is 0 Å². The zero-order chi connectivity index (χ0) is 16.3. The molecule has 0 saturated heterocycles. The Morgan fingerprint density at radius 3 is 1.46 bits per heavy atom. The van der Waals surface area contributed by atoms with Gasteiger partial charge >= 0.3 is 0 Å². The van der Waals surface area contributed by atoms with Crippen LogP contribution >= 0.6 is 45.3 Å². The maximum absolute atomic E-state index is 4.84. The molecule has 2 nitrogen and oxygen atoms in total. The minimum absolute atomic E-state index is 1.08. The molecule has 24 heavy (non-hydrogen) atoms. The summed E-state index contributed by atoms with van der Waals surface area (Å²) >= 11 is 7.11. The van der Waals surface area contributed by atoms with Crippen LogP contribution in [-0.4, -0.2) is 9.97 Å². The lowest BCUT2D eigenvalue weighted by Crippen LogP contribution is -1.71. The Bertz CT molecular complexity index is 1050. The molecule has 5 rings (SSSR count). The Balaban J connectivity index is 1.64. The van der Waals surface area contributed by atoms with Crippen molar-refractivity contribution in [2.75, 3.05) is 0 Å². The van der Waals surface area contributed by atoms with Gasteiger partial charge in [0.15, 0.2) is 0 Å². The number of hydrogen-bond donors (Lipinski definition) is 0. The van der Waals surface area contributed by atoms with Crippen molar-refractivity contribution in [3.05, 3.63) is 46.2 Å². The van der Waals surface area contributed by atoms with Gasteiger partial charge in [-0.1, -0.05) is 0 Å². The van der Waals surface area contributed by atoms with E-state index < -0.39 is 0 Å². The number of fused-ring (bicyclic) bond motifs is 2. The van der Waals surface area contributed by atoms with E-state index in [-0.39, 0.29) is 0 Å². The highest BCUT2D eigenvalue weighted by Gasteiger charge is 2.13. The van der Waals surface area contributed by atoms with Crippen LogP contribution < -0.4 is 0 Å². The number of thiophene rings is 2. The fourth-order valence-corrected chi connectivity index (χ4v) is 6.46. The molecule has 0 saturated carbocycles. The number of thiazole rings is 2. The van der Waals surface area contributed by atoms with E-state index in [9.17, 15) is 0 Å². The Morgan fingerprint density at radius 2 is 1.08 bits per heavy atom. The molecule has 1 aromatic carbocycles. The summed E-state index contributed by atoms with van der Waals surface area (Å²) in [4.78, 5) is 14.8. The average Bonchev–Trinajstić information content (AvgIpc) is 3.29. The van der Waals surface area contributed by atoms with Crippen molar-refractivity contribution in [1.29, 1.82) is 0 Å². The quantitative estimate of drug-likeness (QED) is 0.328. The largest absolute Gasteiger partial charge is 0.235 e. The van der Waals surface area contributed by atoms with Crippen LogP contribution in [0.3, 0.4) is 0 Å². The first-order valence-corrected chi connectivity index (χ1v) is 10.8. The standard InChI is InChI=1S/C18H12N2S4/c1-9-3-5-13(21-9)17-19-11-7-16-12(8-15(11)23-17)20-18(24-16)14-6-4-10(2)22-14/h3-8H,1-2H3. The van der Waals surface area contributed by atoms with Crippen molar-refractivity contribution in [1.82, 2.24) is 9.97 Å². The molecule has 0 aliphatic carbocycles. The van der Waals surface area contributed by atoms with E-state index in [1.165, 1.54) is 28.9 Å². The monoisotopic (exact) mass is 384 g/mol. The zero-order valence-corrected chi connectivity index (χ0v) is 16.3. The molecular weight excluding hydrogens is 372 g/mol. The summed E-state index contributed by atoms with van der Waals surface area (Å²) in [6.07, 6.45) is 0. The summed E-state index contributed by atoms with van der Waals surface area (Å²) in [6.45, 7) is 4.27. The van der Waals surface area contributed by atoms with Crippen LogP contribution in [0.1, 0.15) is 9.75 Å². The molecule has 0 amide bonds. The van der Waals surface area contributed by atoms with E-state index in [2.05, 4.69) is 50.2 Å². The molecule has 0 spiro atoms. The van der Waals surface area contributed by atoms with E-state index in [0.717, 1.165) is 21.0 Å². The number of aryl methyl sites for hydroxylation is 2. The maximum atomic E-state index is 4.84. The Kier molecular flexibility index (Phi) is 3.35. The summed E-state index contributed by atoms with van der Waals surface area (Å²) in [7, 11) is 0. The van der Waals surface area contributed by atoms with Crippen molar-refractivity contribution in [2.45, 2.75) is 13.8 Å². The molecule has 0 atom stereocenters. The Labute approximate surface area is 155 Å². The number of nitrogens with zero attached hydrogens (tertiary/aromatic N) is 2. The fourth-order valence-electron chi connectivity index (χ4n) is 2.66. The van der Waals surface area contributed by atoms with Crippen LogP contribution in [0.25, 0.3) is 40.2 Å². The molecule has 0 fully saturated rings. The van der Waals surface area contributed by atoms with Crippen molar-refractivity contribution >= 4 is 65.8 Å². The molecule has 5 aromatic rings. The van der Waals surface area contributed by atoms with Crippen molar-refractivity contribution < 1.29 is 0 Å². The molecule has 0 radical (unpaired) electrons. The highest BCUT2D eigenvalue weighted by atomic mass is 32.1. The number of benzene rings is 1. The number of aromatic nitrogens is 2. The van der Waals surface area contributed by atoms with Gasteiger partial charge in [-0.3, -0.25) is 0 Å². The van der Waals surface area contributed by atoms with Crippen molar-refractivity contribution in [3.8, 4) is 19.8 Å². The maximum Gasteiger partial charge on any atom is 0.134 e. The summed E-state index contributed by atoms with van der Waals surface area (Å²) in [6, 6.07) is 13.0. The van der Waals surface area contributed by atoms with Crippen molar-refractivity contribution in [3.63, 3.8) is 0 Å². The zero-order valence-electron chi connectivity index (χ0n) is 13.0. The van der Waals surface area contributed by atoms with Crippen LogP contribution in [0.4, 0.5) is 0 Å². The van der Waals surface area contributed by atoms with E-state index in [1.54, 1.807) is 45.3 Å². The van der Waals surface area contributed by atoms with Crippen LogP contribution in [0.2, 0.25) is 0 Å². The minimum atomic E-state index is 1.08. The van der Waals surface area contributed by atoms with Gasteiger partial charge in [-0.25, -0.2) is 9.97 Å². The molecule has 0 N–H and O–H groups in total. The summed E-state index contributed by atoms with van der Waals surface area (Å²) in [5.74, 6) is 0. The molecule has 4 heterocycles. The number of hydrogen-bond acceptors (Lipinski definition) is 6. The highest BCUT2D eigenvalue weighted by molar-refractivity contribution is 7.27. The van der Waals surface area contributed by atoms with Gasteiger partial charge in [0.05, 0.1) is 30.2 Å². The molecule has 0 aliphatic rings. The lowest BCUT2D eigenvalue weighted by molar-refractivity contribution is 1.49. The third-order valence-corrected chi connectivity index (χ3v) is 8.18. The van der Waals surface area contributed by atoms with Gasteiger partial charge in [0.25, 0.3) is 0 Å². The van der Waals surface area contributed by atoms with Crippen LogP contribution in [0.15, 0.2) is 36.4 Å². The smallest absolute Gasteiger partial charge is 0.134 e. The highest BCUT2D eigenvalue weighted by Crippen LogP contribution is 2.39. The summed E-state index contributed by atoms with van der Waals surface area (Å²) in [5, 5.41) is 2.21. The van der Waals surface area contributed by atoms with Crippen LogP contribution in [0, 0.1) is 13.8 Å². The van der Waals surface area contributed by atoms with Gasteiger partial charge in [0, 0.05) is 9.75 Å².